The standard InChI is InChI=1S/C17H15ClFNO5/c1-23-15-7-2-11(18)8-14(15)20-16(21)9-25-17(22)10-24-13-5-3-12(19)4-6-13/h2-8H,9-10H2,1H3,(H,20,21). The summed E-state index contributed by atoms with van der Waals surface area (Å²) in [7, 11) is 1.45. The van der Waals surface area contributed by atoms with Crippen LogP contribution in [0.15, 0.2) is 42.5 Å². The fourth-order valence-electron chi connectivity index (χ4n) is 1.82. The second kappa shape index (κ2) is 8.89. The molecule has 0 fully saturated rings. The lowest BCUT2D eigenvalue weighted by Crippen LogP contribution is -2.23. The maximum atomic E-state index is 12.7. The van der Waals surface area contributed by atoms with E-state index in [1.165, 1.54) is 37.4 Å². The molecule has 0 unspecified atom stereocenters. The van der Waals surface area contributed by atoms with Gasteiger partial charge in [-0.15, -0.1) is 0 Å². The Labute approximate surface area is 148 Å². The Balaban J connectivity index is 1.78. The molecule has 0 bridgehead atoms. The van der Waals surface area contributed by atoms with Crippen molar-refractivity contribution in [1.82, 2.24) is 0 Å². The smallest absolute Gasteiger partial charge is 0.344 e. The van der Waals surface area contributed by atoms with Crippen molar-refractivity contribution in [2.45, 2.75) is 0 Å². The summed E-state index contributed by atoms with van der Waals surface area (Å²) in [6.07, 6.45) is 0. The number of carbonyl (C=O) groups is 2. The first-order valence-corrected chi connectivity index (χ1v) is 7.53. The number of amides is 1. The van der Waals surface area contributed by atoms with Gasteiger partial charge in [0.25, 0.3) is 5.91 Å². The number of esters is 1. The zero-order valence-corrected chi connectivity index (χ0v) is 14.0. The van der Waals surface area contributed by atoms with Crippen LogP contribution in [-0.2, 0) is 14.3 Å². The van der Waals surface area contributed by atoms with Crippen molar-refractivity contribution in [2.24, 2.45) is 0 Å². The minimum atomic E-state index is -0.738. The second-order valence-electron chi connectivity index (χ2n) is 4.80. The third kappa shape index (κ3) is 5.96. The first kappa shape index (κ1) is 18.5. The third-order valence-electron chi connectivity index (χ3n) is 2.97. The van der Waals surface area contributed by atoms with Crippen molar-refractivity contribution in [1.29, 1.82) is 0 Å². The molecule has 1 amide bonds. The van der Waals surface area contributed by atoms with Crippen molar-refractivity contribution >= 4 is 29.2 Å². The molecular weight excluding hydrogens is 353 g/mol. The van der Waals surface area contributed by atoms with E-state index in [0.29, 0.717) is 22.2 Å². The van der Waals surface area contributed by atoms with E-state index in [2.05, 4.69) is 5.32 Å². The molecule has 0 saturated carbocycles. The summed E-state index contributed by atoms with van der Waals surface area (Å²) in [6, 6.07) is 9.88. The van der Waals surface area contributed by atoms with Crippen LogP contribution in [0.1, 0.15) is 0 Å². The summed E-state index contributed by atoms with van der Waals surface area (Å²) in [4.78, 5) is 23.4. The number of ether oxygens (including phenoxy) is 3. The first-order valence-electron chi connectivity index (χ1n) is 7.15. The highest BCUT2D eigenvalue weighted by Gasteiger charge is 2.11. The minimum absolute atomic E-state index is 0.312. The molecule has 0 aromatic heterocycles. The van der Waals surface area contributed by atoms with E-state index in [9.17, 15) is 14.0 Å². The van der Waals surface area contributed by atoms with E-state index in [1.54, 1.807) is 12.1 Å². The van der Waals surface area contributed by atoms with E-state index in [1.807, 2.05) is 0 Å². The summed E-state index contributed by atoms with van der Waals surface area (Å²) in [6.45, 7) is -0.902. The maximum absolute atomic E-state index is 12.7. The molecule has 0 radical (unpaired) electrons. The minimum Gasteiger partial charge on any atom is -0.495 e. The normalized spacial score (nSPS) is 10.0. The number of methoxy groups -OCH3 is 1. The van der Waals surface area contributed by atoms with E-state index >= 15 is 0 Å². The van der Waals surface area contributed by atoms with Gasteiger partial charge in [-0.2, -0.15) is 0 Å². The molecule has 0 atom stereocenters. The van der Waals surface area contributed by atoms with Gasteiger partial charge in [-0.05, 0) is 42.5 Å². The Morgan fingerprint density at radius 3 is 2.52 bits per heavy atom. The molecule has 8 heteroatoms. The van der Waals surface area contributed by atoms with Gasteiger partial charge in [-0.3, -0.25) is 4.79 Å². The maximum Gasteiger partial charge on any atom is 0.344 e. The van der Waals surface area contributed by atoms with Crippen molar-refractivity contribution < 1.29 is 28.2 Å². The van der Waals surface area contributed by atoms with Gasteiger partial charge >= 0.3 is 5.97 Å². The van der Waals surface area contributed by atoms with Gasteiger partial charge in [-0.1, -0.05) is 11.6 Å². The highest BCUT2D eigenvalue weighted by atomic mass is 35.5. The molecule has 0 aliphatic rings. The number of nitrogens with one attached hydrogen (secondary N) is 1. The Kier molecular flexibility index (Phi) is 6.59. The Hall–Kier alpha value is -2.80. The molecule has 6 nitrogen and oxygen atoms in total. The zero-order valence-electron chi connectivity index (χ0n) is 13.3. The summed E-state index contributed by atoms with van der Waals surface area (Å²) in [5.74, 6) is -0.980. The molecule has 0 spiro atoms. The van der Waals surface area contributed by atoms with Crippen LogP contribution in [-0.4, -0.2) is 32.2 Å². The average molecular weight is 368 g/mol. The fraction of sp³-hybridized carbons (Fsp3) is 0.176. The van der Waals surface area contributed by atoms with E-state index in [4.69, 9.17) is 25.8 Å². The highest BCUT2D eigenvalue weighted by molar-refractivity contribution is 6.31. The van der Waals surface area contributed by atoms with Gasteiger partial charge < -0.3 is 19.5 Å². The van der Waals surface area contributed by atoms with Gasteiger partial charge in [-0.25, -0.2) is 9.18 Å². The van der Waals surface area contributed by atoms with Gasteiger partial charge in [0.1, 0.15) is 17.3 Å². The number of anilines is 1. The summed E-state index contributed by atoms with van der Waals surface area (Å²) < 4.78 is 27.8. The van der Waals surface area contributed by atoms with Crippen molar-refractivity contribution in [2.75, 3.05) is 25.6 Å². The number of halogens is 2. The van der Waals surface area contributed by atoms with E-state index < -0.39 is 30.9 Å². The lowest BCUT2D eigenvalue weighted by molar-refractivity contribution is -0.149. The molecule has 2 aromatic carbocycles. The Morgan fingerprint density at radius 2 is 1.84 bits per heavy atom. The number of carbonyl (C=O) groups excluding carboxylic acids is 2. The Morgan fingerprint density at radius 1 is 1.12 bits per heavy atom. The molecule has 0 aliphatic carbocycles. The van der Waals surface area contributed by atoms with Crippen molar-refractivity contribution in [3.63, 3.8) is 0 Å². The monoisotopic (exact) mass is 367 g/mol. The van der Waals surface area contributed by atoms with Crippen LogP contribution in [0, 0.1) is 5.82 Å². The molecule has 25 heavy (non-hydrogen) atoms. The van der Waals surface area contributed by atoms with Crippen LogP contribution in [0.25, 0.3) is 0 Å². The number of hydrogen-bond donors (Lipinski definition) is 1. The van der Waals surface area contributed by atoms with Crippen molar-refractivity contribution in [3.05, 3.63) is 53.3 Å². The van der Waals surface area contributed by atoms with Gasteiger partial charge in [0.05, 0.1) is 12.8 Å². The SMILES string of the molecule is COc1ccc(Cl)cc1NC(=O)COC(=O)COc1ccc(F)cc1. The molecule has 0 saturated heterocycles. The highest BCUT2D eigenvalue weighted by Crippen LogP contribution is 2.27. The number of hydrogen-bond acceptors (Lipinski definition) is 5. The molecule has 2 rings (SSSR count). The second-order valence-corrected chi connectivity index (χ2v) is 5.23. The first-order chi connectivity index (χ1) is 12.0. The van der Waals surface area contributed by atoms with Crippen molar-refractivity contribution in [3.8, 4) is 11.5 Å². The largest absolute Gasteiger partial charge is 0.495 e. The van der Waals surface area contributed by atoms with Crippen LogP contribution in [0.2, 0.25) is 5.02 Å². The van der Waals surface area contributed by atoms with Crippen LogP contribution in [0.5, 0.6) is 11.5 Å². The number of rotatable bonds is 7. The molecule has 1 N–H and O–H groups in total. The molecule has 0 heterocycles. The number of benzene rings is 2. The summed E-state index contributed by atoms with van der Waals surface area (Å²) in [5, 5.41) is 2.95. The molecular formula is C17H15ClFNO5. The summed E-state index contributed by atoms with van der Waals surface area (Å²) >= 11 is 5.86. The fourth-order valence-corrected chi connectivity index (χ4v) is 2.00. The van der Waals surface area contributed by atoms with E-state index in [0.717, 1.165) is 0 Å². The van der Waals surface area contributed by atoms with Crippen LogP contribution >= 0.6 is 11.6 Å². The lowest BCUT2D eigenvalue weighted by atomic mass is 10.3. The topological polar surface area (TPSA) is 73.9 Å². The lowest BCUT2D eigenvalue weighted by Gasteiger charge is -2.11. The van der Waals surface area contributed by atoms with Crippen LogP contribution in [0.4, 0.5) is 10.1 Å². The quantitative estimate of drug-likeness (QED) is 0.761. The molecule has 0 aliphatic heterocycles. The predicted octanol–water partition coefficient (Wildman–Crippen LogP) is 3.05. The average Bonchev–Trinajstić information content (AvgIpc) is 2.59. The summed E-state index contributed by atoms with van der Waals surface area (Å²) in [5.41, 5.74) is 0.360. The predicted molar refractivity (Wildman–Crippen MR) is 89.5 cm³/mol. The van der Waals surface area contributed by atoms with Gasteiger partial charge in [0.2, 0.25) is 0 Å². The van der Waals surface area contributed by atoms with Crippen LogP contribution in [0.3, 0.4) is 0 Å². The van der Waals surface area contributed by atoms with Gasteiger partial charge in [0, 0.05) is 5.02 Å². The third-order valence-corrected chi connectivity index (χ3v) is 3.21. The zero-order chi connectivity index (χ0) is 18.2. The van der Waals surface area contributed by atoms with Gasteiger partial charge in [0.15, 0.2) is 13.2 Å². The van der Waals surface area contributed by atoms with Crippen LogP contribution < -0.4 is 14.8 Å². The van der Waals surface area contributed by atoms with E-state index in [-0.39, 0.29) is 0 Å². The molecule has 132 valence electrons. The molecule has 2 aromatic rings. The Bertz CT molecular complexity index is 751.